The van der Waals surface area contributed by atoms with Gasteiger partial charge in [-0.25, -0.2) is 4.98 Å². The van der Waals surface area contributed by atoms with Gasteiger partial charge in [0.15, 0.2) is 0 Å². The van der Waals surface area contributed by atoms with Gasteiger partial charge in [-0.05, 0) is 31.4 Å². The highest BCUT2D eigenvalue weighted by molar-refractivity contribution is 5.66. The van der Waals surface area contributed by atoms with Gasteiger partial charge in [-0.3, -0.25) is 0 Å². The summed E-state index contributed by atoms with van der Waals surface area (Å²) in [5, 5.41) is 6.94. The highest BCUT2D eigenvalue weighted by Crippen LogP contribution is 2.25. The van der Waals surface area contributed by atoms with E-state index in [1.54, 1.807) is 0 Å². The number of aromatic nitrogens is 1. The average Bonchev–Trinajstić information content (AvgIpc) is 2.40. The van der Waals surface area contributed by atoms with Crippen molar-refractivity contribution in [3.63, 3.8) is 0 Å². The molecule has 15 heavy (non-hydrogen) atoms. The standard InChI is InChI=1S/C12H19N3/c1-3-4-10-5-6-13-11-7-9(2)8-14-12(11)15-10/h7-8,10,13H,3-6H2,1-2H3,(H,14,15). The summed E-state index contributed by atoms with van der Waals surface area (Å²) in [6.07, 6.45) is 5.53. The molecule has 1 unspecified atom stereocenters. The van der Waals surface area contributed by atoms with Gasteiger partial charge in [-0.15, -0.1) is 0 Å². The predicted molar refractivity (Wildman–Crippen MR) is 64.4 cm³/mol. The Labute approximate surface area is 91.3 Å². The summed E-state index contributed by atoms with van der Waals surface area (Å²) in [5.74, 6) is 1.01. The second-order valence-electron chi connectivity index (χ2n) is 4.25. The highest BCUT2D eigenvalue weighted by atomic mass is 15.1. The van der Waals surface area contributed by atoms with Crippen LogP contribution in [0.15, 0.2) is 12.3 Å². The Balaban J connectivity index is 2.18. The third-order valence-corrected chi connectivity index (χ3v) is 2.81. The third kappa shape index (κ3) is 2.41. The van der Waals surface area contributed by atoms with E-state index in [9.17, 15) is 0 Å². The van der Waals surface area contributed by atoms with Crippen molar-refractivity contribution in [3.05, 3.63) is 17.8 Å². The van der Waals surface area contributed by atoms with Gasteiger partial charge in [-0.1, -0.05) is 13.3 Å². The molecule has 1 aliphatic heterocycles. The molecule has 0 fully saturated rings. The van der Waals surface area contributed by atoms with Crippen LogP contribution in [0.5, 0.6) is 0 Å². The van der Waals surface area contributed by atoms with Gasteiger partial charge in [0.1, 0.15) is 5.82 Å². The first-order valence-electron chi connectivity index (χ1n) is 5.76. The van der Waals surface area contributed by atoms with Crippen molar-refractivity contribution in [2.24, 2.45) is 0 Å². The molecule has 3 nitrogen and oxygen atoms in total. The van der Waals surface area contributed by atoms with E-state index in [0.717, 1.165) is 18.1 Å². The molecule has 0 spiro atoms. The Kier molecular flexibility index (Phi) is 3.09. The van der Waals surface area contributed by atoms with E-state index in [1.807, 2.05) is 6.20 Å². The average molecular weight is 205 g/mol. The highest BCUT2D eigenvalue weighted by Gasteiger charge is 2.15. The van der Waals surface area contributed by atoms with Crippen molar-refractivity contribution in [3.8, 4) is 0 Å². The van der Waals surface area contributed by atoms with Gasteiger partial charge in [0.05, 0.1) is 5.69 Å². The fraction of sp³-hybridized carbons (Fsp3) is 0.583. The maximum Gasteiger partial charge on any atom is 0.149 e. The molecule has 0 aromatic carbocycles. The zero-order valence-corrected chi connectivity index (χ0v) is 9.51. The molecule has 0 bridgehead atoms. The number of pyridine rings is 1. The van der Waals surface area contributed by atoms with Crippen molar-refractivity contribution < 1.29 is 0 Å². The lowest BCUT2D eigenvalue weighted by atomic mass is 10.1. The second-order valence-corrected chi connectivity index (χ2v) is 4.25. The summed E-state index contributed by atoms with van der Waals surface area (Å²) in [6, 6.07) is 2.72. The third-order valence-electron chi connectivity index (χ3n) is 2.81. The Morgan fingerprint density at radius 3 is 3.20 bits per heavy atom. The predicted octanol–water partition coefficient (Wildman–Crippen LogP) is 2.79. The van der Waals surface area contributed by atoms with Gasteiger partial charge in [0, 0.05) is 18.8 Å². The first-order valence-corrected chi connectivity index (χ1v) is 5.76. The smallest absolute Gasteiger partial charge is 0.149 e. The molecular weight excluding hydrogens is 186 g/mol. The zero-order chi connectivity index (χ0) is 10.7. The summed E-state index contributed by atoms with van der Waals surface area (Å²) in [6.45, 7) is 5.34. The minimum absolute atomic E-state index is 0.568. The number of nitrogens with zero attached hydrogens (tertiary/aromatic N) is 1. The summed E-state index contributed by atoms with van der Waals surface area (Å²) in [7, 11) is 0. The van der Waals surface area contributed by atoms with Crippen LogP contribution in [0.4, 0.5) is 11.5 Å². The molecule has 2 N–H and O–H groups in total. The van der Waals surface area contributed by atoms with Gasteiger partial charge >= 0.3 is 0 Å². The normalized spacial score (nSPS) is 19.7. The van der Waals surface area contributed by atoms with Gasteiger partial charge in [0.2, 0.25) is 0 Å². The number of nitrogens with one attached hydrogen (secondary N) is 2. The van der Waals surface area contributed by atoms with Crippen LogP contribution in [0.25, 0.3) is 0 Å². The first kappa shape index (κ1) is 10.3. The molecule has 2 rings (SSSR count). The van der Waals surface area contributed by atoms with Crippen molar-refractivity contribution in [1.82, 2.24) is 4.98 Å². The van der Waals surface area contributed by atoms with E-state index in [-0.39, 0.29) is 0 Å². The van der Waals surface area contributed by atoms with Crippen LogP contribution < -0.4 is 10.6 Å². The van der Waals surface area contributed by atoms with Gasteiger partial charge in [0.25, 0.3) is 0 Å². The van der Waals surface area contributed by atoms with E-state index < -0.39 is 0 Å². The van der Waals surface area contributed by atoms with Crippen LogP contribution in [0.3, 0.4) is 0 Å². The molecule has 3 heteroatoms. The van der Waals surface area contributed by atoms with Crippen LogP contribution in [0, 0.1) is 6.92 Å². The fourth-order valence-electron chi connectivity index (χ4n) is 2.03. The summed E-state index contributed by atoms with van der Waals surface area (Å²) >= 11 is 0. The maximum absolute atomic E-state index is 4.44. The largest absolute Gasteiger partial charge is 0.382 e. The van der Waals surface area contributed by atoms with Gasteiger partial charge < -0.3 is 10.6 Å². The topological polar surface area (TPSA) is 37.0 Å². The molecule has 0 amide bonds. The number of aryl methyl sites for hydroxylation is 1. The number of hydrogen-bond donors (Lipinski definition) is 2. The maximum atomic E-state index is 4.44. The monoisotopic (exact) mass is 205 g/mol. The van der Waals surface area contributed by atoms with Crippen LogP contribution in [0.1, 0.15) is 31.7 Å². The Bertz CT molecular complexity index is 336. The van der Waals surface area contributed by atoms with Gasteiger partial charge in [-0.2, -0.15) is 0 Å². The molecule has 1 atom stereocenters. The molecule has 0 saturated carbocycles. The Hall–Kier alpha value is -1.25. The Morgan fingerprint density at radius 2 is 2.40 bits per heavy atom. The molecule has 0 saturated heterocycles. The number of fused-ring (bicyclic) bond motifs is 1. The molecule has 0 radical (unpaired) electrons. The van der Waals surface area contributed by atoms with E-state index in [0.29, 0.717) is 6.04 Å². The van der Waals surface area contributed by atoms with Crippen LogP contribution in [-0.2, 0) is 0 Å². The fourth-order valence-corrected chi connectivity index (χ4v) is 2.03. The molecule has 1 aromatic heterocycles. The van der Waals surface area contributed by atoms with E-state index in [2.05, 4.69) is 35.5 Å². The minimum atomic E-state index is 0.568. The second kappa shape index (κ2) is 4.51. The van der Waals surface area contributed by atoms with E-state index >= 15 is 0 Å². The van der Waals surface area contributed by atoms with E-state index in [1.165, 1.54) is 24.8 Å². The summed E-state index contributed by atoms with van der Waals surface area (Å²) < 4.78 is 0. The number of rotatable bonds is 2. The van der Waals surface area contributed by atoms with Crippen LogP contribution in [0.2, 0.25) is 0 Å². The molecule has 2 heterocycles. The minimum Gasteiger partial charge on any atom is -0.382 e. The molecule has 1 aliphatic rings. The Morgan fingerprint density at radius 1 is 1.53 bits per heavy atom. The summed E-state index contributed by atoms with van der Waals surface area (Å²) in [4.78, 5) is 4.44. The lowest BCUT2D eigenvalue weighted by Crippen LogP contribution is -2.19. The summed E-state index contributed by atoms with van der Waals surface area (Å²) in [5.41, 5.74) is 2.35. The molecular formula is C12H19N3. The van der Waals surface area contributed by atoms with Crippen molar-refractivity contribution >= 4 is 11.5 Å². The lowest BCUT2D eigenvalue weighted by molar-refractivity contribution is 0.614. The molecule has 82 valence electrons. The molecule has 0 aliphatic carbocycles. The molecule has 1 aromatic rings. The van der Waals surface area contributed by atoms with E-state index in [4.69, 9.17) is 0 Å². The SMILES string of the molecule is CCCC1CCNc2cc(C)cnc2N1. The van der Waals surface area contributed by atoms with Crippen molar-refractivity contribution in [2.45, 2.75) is 39.2 Å². The lowest BCUT2D eigenvalue weighted by Gasteiger charge is -2.15. The van der Waals surface area contributed by atoms with Crippen molar-refractivity contribution in [2.75, 3.05) is 17.2 Å². The van der Waals surface area contributed by atoms with Crippen LogP contribution in [-0.4, -0.2) is 17.6 Å². The van der Waals surface area contributed by atoms with Crippen LogP contribution >= 0.6 is 0 Å². The van der Waals surface area contributed by atoms with Crippen molar-refractivity contribution in [1.29, 1.82) is 0 Å². The number of anilines is 2. The first-order chi connectivity index (χ1) is 7.29. The number of hydrogen-bond acceptors (Lipinski definition) is 3. The zero-order valence-electron chi connectivity index (χ0n) is 9.51. The quantitative estimate of drug-likeness (QED) is 0.779.